The van der Waals surface area contributed by atoms with Crippen LogP contribution >= 0.6 is 27.5 Å². The molecule has 0 bridgehead atoms. The van der Waals surface area contributed by atoms with Crippen molar-refractivity contribution in [1.29, 1.82) is 0 Å². The monoisotopic (exact) mass is 275 g/mol. The van der Waals surface area contributed by atoms with E-state index in [2.05, 4.69) is 53.0 Å². The Morgan fingerprint density at radius 1 is 1.43 bits per heavy atom. The first-order valence-electron chi connectivity index (χ1n) is 4.68. The average molecular weight is 277 g/mol. The van der Waals surface area contributed by atoms with Gasteiger partial charge < -0.3 is 4.90 Å². The zero-order valence-electron chi connectivity index (χ0n) is 8.56. The van der Waals surface area contributed by atoms with E-state index in [1.54, 1.807) is 0 Å². The molecule has 3 heteroatoms. The van der Waals surface area contributed by atoms with Gasteiger partial charge >= 0.3 is 0 Å². The summed E-state index contributed by atoms with van der Waals surface area (Å²) in [7, 11) is 2.09. The summed E-state index contributed by atoms with van der Waals surface area (Å²) in [6, 6.07) is 6.39. The Kier molecular flexibility index (Phi) is 4.76. The zero-order valence-corrected chi connectivity index (χ0v) is 10.9. The van der Waals surface area contributed by atoms with Crippen LogP contribution in [0.5, 0.6) is 0 Å². The summed E-state index contributed by atoms with van der Waals surface area (Å²) >= 11 is 9.22. The molecule has 0 amide bonds. The van der Waals surface area contributed by atoms with E-state index in [0.29, 0.717) is 5.88 Å². The van der Waals surface area contributed by atoms with Crippen LogP contribution in [0, 0.1) is 6.92 Å². The molecule has 0 saturated carbocycles. The molecular weight excluding hydrogens is 261 g/mol. The first-order chi connectivity index (χ1) is 6.65. The molecule has 1 aromatic carbocycles. The lowest BCUT2D eigenvalue weighted by molar-refractivity contribution is 0.855. The number of benzene rings is 1. The fourth-order valence-electron chi connectivity index (χ4n) is 1.34. The maximum Gasteiger partial charge on any atom is 0.0508 e. The second-order valence-electron chi connectivity index (χ2n) is 3.42. The topological polar surface area (TPSA) is 3.24 Å². The Morgan fingerprint density at radius 3 is 2.71 bits per heavy atom. The van der Waals surface area contributed by atoms with Gasteiger partial charge in [-0.3, -0.25) is 0 Å². The number of hydrogen-bond donors (Lipinski definition) is 0. The van der Waals surface area contributed by atoms with E-state index in [0.717, 1.165) is 17.4 Å². The largest absolute Gasteiger partial charge is 0.374 e. The van der Waals surface area contributed by atoms with Gasteiger partial charge in [-0.05, 0) is 47.0 Å². The van der Waals surface area contributed by atoms with Gasteiger partial charge in [0.25, 0.3) is 0 Å². The van der Waals surface area contributed by atoms with E-state index >= 15 is 0 Å². The standard InChI is InChI=1S/C11H15BrClN/c1-9-4-5-11(10(12)8-9)14(2)7-3-6-13/h4-5,8H,3,6-7H2,1-2H3. The van der Waals surface area contributed by atoms with Crippen molar-refractivity contribution in [3.05, 3.63) is 28.2 Å². The normalized spacial score (nSPS) is 10.3. The highest BCUT2D eigenvalue weighted by Gasteiger charge is 2.04. The maximum atomic E-state index is 5.66. The van der Waals surface area contributed by atoms with Gasteiger partial charge in [0.1, 0.15) is 0 Å². The fourth-order valence-corrected chi connectivity index (χ4v) is 2.25. The van der Waals surface area contributed by atoms with Crippen molar-refractivity contribution in [3.8, 4) is 0 Å². The Hall–Kier alpha value is -0.210. The van der Waals surface area contributed by atoms with Gasteiger partial charge in [-0.25, -0.2) is 0 Å². The summed E-state index contributed by atoms with van der Waals surface area (Å²) in [6.45, 7) is 3.08. The number of rotatable bonds is 4. The molecule has 0 aliphatic carbocycles. The van der Waals surface area contributed by atoms with Crippen molar-refractivity contribution in [1.82, 2.24) is 0 Å². The third kappa shape index (κ3) is 3.18. The Morgan fingerprint density at radius 2 is 2.14 bits per heavy atom. The highest BCUT2D eigenvalue weighted by Crippen LogP contribution is 2.26. The van der Waals surface area contributed by atoms with Crippen molar-refractivity contribution in [2.24, 2.45) is 0 Å². The maximum absolute atomic E-state index is 5.66. The molecule has 14 heavy (non-hydrogen) atoms. The minimum Gasteiger partial charge on any atom is -0.374 e. The third-order valence-electron chi connectivity index (χ3n) is 2.14. The summed E-state index contributed by atoms with van der Waals surface area (Å²) in [6.07, 6.45) is 1.01. The van der Waals surface area contributed by atoms with Gasteiger partial charge in [0.2, 0.25) is 0 Å². The third-order valence-corrected chi connectivity index (χ3v) is 3.04. The molecule has 0 aromatic heterocycles. The molecule has 1 aromatic rings. The van der Waals surface area contributed by atoms with Gasteiger partial charge in [-0.15, -0.1) is 11.6 Å². The van der Waals surface area contributed by atoms with Crippen molar-refractivity contribution < 1.29 is 0 Å². The molecule has 0 fully saturated rings. The lowest BCUT2D eigenvalue weighted by Gasteiger charge is -2.20. The van der Waals surface area contributed by atoms with Crippen LogP contribution in [-0.4, -0.2) is 19.5 Å². The lowest BCUT2D eigenvalue weighted by atomic mass is 10.2. The molecule has 0 aliphatic rings. The summed E-state index contributed by atoms with van der Waals surface area (Å²) in [5.74, 6) is 0.716. The number of nitrogens with zero attached hydrogens (tertiary/aromatic N) is 1. The lowest BCUT2D eigenvalue weighted by Crippen LogP contribution is -2.19. The predicted molar refractivity (Wildman–Crippen MR) is 67.5 cm³/mol. The highest BCUT2D eigenvalue weighted by molar-refractivity contribution is 9.10. The first kappa shape index (κ1) is 11.9. The molecule has 0 unspecified atom stereocenters. The second kappa shape index (κ2) is 5.62. The molecule has 0 spiro atoms. The van der Waals surface area contributed by atoms with Gasteiger partial charge in [0.15, 0.2) is 0 Å². The van der Waals surface area contributed by atoms with Gasteiger partial charge in [0.05, 0.1) is 5.69 Å². The SMILES string of the molecule is Cc1ccc(N(C)CCCCl)c(Br)c1. The zero-order chi connectivity index (χ0) is 10.6. The Labute approximate surface area is 99.2 Å². The van der Waals surface area contributed by atoms with E-state index in [4.69, 9.17) is 11.6 Å². The van der Waals surface area contributed by atoms with Crippen molar-refractivity contribution >= 4 is 33.2 Å². The summed E-state index contributed by atoms with van der Waals surface area (Å²) in [5, 5.41) is 0. The summed E-state index contributed by atoms with van der Waals surface area (Å²) in [5.41, 5.74) is 2.49. The van der Waals surface area contributed by atoms with Crippen LogP contribution in [-0.2, 0) is 0 Å². The minimum absolute atomic E-state index is 0.716. The van der Waals surface area contributed by atoms with Gasteiger partial charge in [-0.2, -0.15) is 0 Å². The quantitative estimate of drug-likeness (QED) is 0.756. The first-order valence-corrected chi connectivity index (χ1v) is 6.01. The molecule has 1 nitrogen and oxygen atoms in total. The van der Waals surface area contributed by atoms with Crippen LogP contribution in [0.2, 0.25) is 0 Å². The van der Waals surface area contributed by atoms with Crippen molar-refractivity contribution in [3.63, 3.8) is 0 Å². The van der Waals surface area contributed by atoms with E-state index in [1.165, 1.54) is 11.3 Å². The molecule has 78 valence electrons. The van der Waals surface area contributed by atoms with Gasteiger partial charge in [0, 0.05) is 23.9 Å². The number of aryl methyl sites for hydroxylation is 1. The number of alkyl halides is 1. The highest BCUT2D eigenvalue weighted by atomic mass is 79.9. The molecule has 1 rings (SSSR count). The molecule has 0 N–H and O–H groups in total. The predicted octanol–water partition coefficient (Wildman–Crippen LogP) is 3.82. The Balaban J connectivity index is 2.74. The van der Waals surface area contributed by atoms with Crippen LogP contribution in [0.25, 0.3) is 0 Å². The molecule has 0 radical (unpaired) electrons. The second-order valence-corrected chi connectivity index (χ2v) is 4.65. The van der Waals surface area contributed by atoms with E-state index in [-0.39, 0.29) is 0 Å². The van der Waals surface area contributed by atoms with Crippen LogP contribution in [0.4, 0.5) is 5.69 Å². The van der Waals surface area contributed by atoms with E-state index in [1.807, 2.05) is 0 Å². The molecule has 0 saturated heterocycles. The van der Waals surface area contributed by atoms with Crippen molar-refractivity contribution in [2.75, 3.05) is 24.4 Å². The minimum atomic E-state index is 0.716. The van der Waals surface area contributed by atoms with Crippen LogP contribution in [0.1, 0.15) is 12.0 Å². The van der Waals surface area contributed by atoms with Gasteiger partial charge in [-0.1, -0.05) is 6.07 Å². The van der Waals surface area contributed by atoms with Crippen LogP contribution < -0.4 is 4.90 Å². The average Bonchev–Trinajstić information content (AvgIpc) is 2.14. The Bertz CT molecular complexity index is 301. The summed E-state index contributed by atoms with van der Waals surface area (Å²) < 4.78 is 1.15. The van der Waals surface area contributed by atoms with Crippen LogP contribution in [0.15, 0.2) is 22.7 Å². The molecule has 0 atom stereocenters. The fraction of sp³-hybridized carbons (Fsp3) is 0.455. The van der Waals surface area contributed by atoms with E-state index < -0.39 is 0 Å². The molecule has 0 heterocycles. The number of anilines is 1. The number of hydrogen-bond acceptors (Lipinski definition) is 1. The van der Waals surface area contributed by atoms with E-state index in [9.17, 15) is 0 Å². The molecular formula is C11H15BrClN. The number of halogens is 2. The molecule has 0 aliphatic heterocycles. The smallest absolute Gasteiger partial charge is 0.0508 e. The summed E-state index contributed by atoms with van der Waals surface area (Å²) in [4.78, 5) is 2.21. The van der Waals surface area contributed by atoms with Crippen molar-refractivity contribution in [2.45, 2.75) is 13.3 Å². The van der Waals surface area contributed by atoms with Crippen LogP contribution in [0.3, 0.4) is 0 Å².